The highest BCUT2D eigenvalue weighted by Crippen LogP contribution is 2.65. The van der Waals surface area contributed by atoms with Crippen molar-refractivity contribution in [2.75, 3.05) is 4.90 Å². The molecular formula is C47H35N3O. The van der Waals surface area contributed by atoms with E-state index >= 15 is 0 Å². The van der Waals surface area contributed by atoms with Gasteiger partial charge in [-0.2, -0.15) is 0 Å². The minimum Gasteiger partial charge on any atom is -0.457 e. The van der Waals surface area contributed by atoms with Gasteiger partial charge >= 0.3 is 0 Å². The number of anilines is 1. The maximum absolute atomic E-state index is 6.63. The highest BCUT2D eigenvalue weighted by molar-refractivity contribution is 6.12. The van der Waals surface area contributed by atoms with Crippen LogP contribution in [-0.2, 0) is 5.41 Å². The lowest BCUT2D eigenvalue weighted by Gasteiger charge is -2.41. The summed E-state index contributed by atoms with van der Waals surface area (Å²) in [5.74, 6) is 2.98. The van der Waals surface area contributed by atoms with Crippen molar-refractivity contribution in [1.82, 2.24) is 5.32 Å². The standard InChI is InChI=1S/C47H35N3O/c1-3-15-30(16-4-1)39-29-43(49-46(48-39)31-17-5-2-6-18-31)50-40-24-12-8-19-32(40)33-27-28-38-44(45(33)50)34-20-7-9-21-35(34)47(38)36-22-10-13-25-41(36)51-42-26-14-11-23-37(42)47/h1-3,5-15,17-29,33,45-46,48H,4,16H2. The van der Waals surface area contributed by atoms with E-state index in [4.69, 9.17) is 9.73 Å². The molecule has 1 N–H and O–H groups in total. The summed E-state index contributed by atoms with van der Waals surface area (Å²) < 4.78 is 6.63. The van der Waals surface area contributed by atoms with E-state index in [1.807, 2.05) is 0 Å². The number of nitrogens with zero attached hydrogens (tertiary/aromatic N) is 2. The van der Waals surface area contributed by atoms with Crippen LogP contribution in [0.15, 0.2) is 186 Å². The molecule has 3 aliphatic heterocycles. The lowest BCUT2D eigenvalue weighted by molar-refractivity contribution is 0.435. The van der Waals surface area contributed by atoms with Crippen LogP contribution in [0.25, 0.3) is 5.57 Å². The molecule has 4 heteroatoms. The molecule has 244 valence electrons. The summed E-state index contributed by atoms with van der Waals surface area (Å²) in [6.45, 7) is 0. The molecular weight excluding hydrogens is 623 g/mol. The third-order valence-electron chi connectivity index (χ3n) is 11.6. The van der Waals surface area contributed by atoms with Crippen molar-refractivity contribution in [3.8, 4) is 11.5 Å². The molecule has 3 atom stereocenters. The number of allylic oxidation sites excluding steroid dienone is 6. The van der Waals surface area contributed by atoms with Crippen LogP contribution >= 0.6 is 0 Å². The molecule has 1 spiro atoms. The summed E-state index contributed by atoms with van der Waals surface area (Å²) in [6.07, 6.45) is 15.7. The van der Waals surface area contributed by atoms with E-state index in [1.54, 1.807) is 0 Å². The topological polar surface area (TPSA) is 36.9 Å². The Morgan fingerprint density at radius 3 is 2.24 bits per heavy atom. The van der Waals surface area contributed by atoms with Crippen LogP contribution in [0.3, 0.4) is 0 Å². The molecule has 51 heavy (non-hydrogen) atoms. The van der Waals surface area contributed by atoms with E-state index in [0.717, 1.165) is 41.4 Å². The van der Waals surface area contributed by atoms with Crippen LogP contribution in [0.1, 0.15) is 58.3 Å². The van der Waals surface area contributed by atoms with E-state index in [1.165, 1.54) is 50.2 Å². The Balaban J connectivity index is 1.18. The summed E-state index contributed by atoms with van der Waals surface area (Å²) in [5, 5.41) is 3.82. The lowest BCUT2D eigenvalue weighted by atomic mass is 9.64. The highest BCUT2D eigenvalue weighted by Gasteiger charge is 2.56. The predicted molar refractivity (Wildman–Crippen MR) is 205 cm³/mol. The van der Waals surface area contributed by atoms with Gasteiger partial charge in [-0.15, -0.1) is 0 Å². The van der Waals surface area contributed by atoms with Crippen LogP contribution in [0.5, 0.6) is 11.5 Å². The number of benzene rings is 5. The number of hydrogen-bond donors (Lipinski definition) is 1. The second-order valence-corrected chi connectivity index (χ2v) is 14.1. The zero-order valence-electron chi connectivity index (χ0n) is 28.0. The van der Waals surface area contributed by atoms with Gasteiger partial charge in [0.15, 0.2) is 0 Å². The average molecular weight is 658 g/mol. The molecule has 4 nitrogen and oxygen atoms in total. The van der Waals surface area contributed by atoms with Crippen LogP contribution in [-0.4, -0.2) is 11.9 Å². The fourth-order valence-corrected chi connectivity index (χ4v) is 9.56. The van der Waals surface area contributed by atoms with Crippen molar-refractivity contribution in [1.29, 1.82) is 0 Å². The van der Waals surface area contributed by atoms with Gasteiger partial charge < -0.3 is 15.0 Å². The SMILES string of the molecule is C1=CCCC(C2=CC(N3c4ccccc4C4C=CC5=C(c6ccccc6C56c5ccccc5Oc5ccccc56)C43)=NC(c3ccccc3)N2)=C1. The Labute approximate surface area is 298 Å². The van der Waals surface area contributed by atoms with E-state index in [-0.39, 0.29) is 18.1 Å². The smallest absolute Gasteiger partial charge is 0.147 e. The first-order valence-electron chi connectivity index (χ1n) is 18.1. The minimum absolute atomic E-state index is 0.0103. The monoisotopic (exact) mass is 657 g/mol. The number of amidine groups is 1. The van der Waals surface area contributed by atoms with Crippen molar-refractivity contribution in [3.05, 3.63) is 214 Å². The Morgan fingerprint density at radius 1 is 0.745 bits per heavy atom. The summed E-state index contributed by atoms with van der Waals surface area (Å²) in [6, 6.07) is 45.9. The minimum atomic E-state index is -0.512. The predicted octanol–water partition coefficient (Wildman–Crippen LogP) is 10.3. The Kier molecular flexibility index (Phi) is 6.15. The molecule has 0 bridgehead atoms. The summed E-state index contributed by atoms with van der Waals surface area (Å²) in [7, 11) is 0. The van der Waals surface area contributed by atoms with Crippen molar-refractivity contribution in [2.45, 2.75) is 36.4 Å². The summed E-state index contributed by atoms with van der Waals surface area (Å²) in [5.41, 5.74) is 13.3. The second-order valence-electron chi connectivity index (χ2n) is 14.1. The van der Waals surface area contributed by atoms with Gasteiger partial charge in [0, 0.05) is 34.5 Å². The first-order chi connectivity index (χ1) is 25.3. The molecule has 5 aromatic carbocycles. The molecule has 0 fully saturated rings. The van der Waals surface area contributed by atoms with Crippen LogP contribution < -0.4 is 15.0 Å². The van der Waals surface area contributed by atoms with Gasteiger partial charge in [0.2, 0.25) is 0 Å². The molecule has 0 saturated heterocycles. The summed E-state index contributed by atoms with van der Waals surface area (Å²) in [4.78, 5) is 8.12. The number of ether oxygens (including phenoxy) is 1. The average Bonchev–Trinajstić information content (AvgIpc) is 3.70. The number of nitrogens with one attached hydrogen (secondary N) is 1. The summed E-state index contributed by atoms with van der Waals surface area (Å²) >= 11 is 0. The van der Waals surface area contributed by atoms with E-state index in [9.17, 15) is 0 Å². The number of aliphatic imine (C=N–C) groups is 1. The van der Waals surface area contributed by atoms with Crippen LogP contribution in [0, 0.1) is 0 Å². The van der Waals surface area contributed by atoms with Gasteiger partial charge in [-0.1, -0.05) is 140 Å². The first kappa shape index (κ1) is 28.7. The molecule has 0 aromatic heterocycles. The van der Waals surface area contributed by atoms with Crippen LogP contribution in [0.2, 0.25) is 0 Å². The highest BCUT2D eigenvalue weighted by atomic mass is 16.5. The molecule has 3 aliphatic carbocycles. The first-order valence-corrected chi connectivity index (χ1v) is 18.1. The lowest BCUT2D eigenvalue weighted by Crippen LogP contribution is -2.43. The van der Waals surface area contributed by atoms with Crippen LogP contribution in [0.4, 0.5) is 5.69 Å². The van der Waals surface area contributed by atoms with Crippen molar-refractivity contribution in [3.63, 3.8) is 0 Å². The molecule has 0 radical (unpaired) electrons. The third kappa shape index (κ3) is 3.99. The Morgan fingerprint density at radius 2 is 1.45 bits per heavy atom. The van der Waals surface area contributed by atoms with E-state index in [2.05, 4.69) is 174 Å². The molecule has 6 aliphatic rings. The number of hydrogen-bond acceptors (Lipinski definition) is 4. The maximum atomic E-state index is 6.63. The molecule has 5 aromatic rings. The normalized spacial score (nSPS) is 22.7. The largest absolute Gasteiger partial charge is 0.457 e. The van der Waals surface area contributed by atoms with Gasteiger partial charge in [0.1, 0.15) is 23.5 Å². The molecule has 3 heterocycles. The van der Waals surface area contributed by atoms with Crippen molar-refractivity contribution >= 4 is 17.1 Å². The molecule has 0 saturated carbocycles. The third-order valence-corrected chi connectivity index (χ3v) is 11.6. The van der Waals surface area contributed by atoms with Gasteiger partial charge in [-0.05, 0) is 70.0 Å². The molecule has 3 unspecified atom stereocenters. The van der Waals surface area contributed by atoms with E-state index in [0.29, 0.717) is 0 Å². The van der Waals surface area contributed by atoms with Gasteiger partial charge in [0.25, 0.3) is 0 Å². The van der Waals surface area contributed by atoms with Gasteiger partial charge in [-0.25, -0.2) is 4.99 Å². The number of para-hydroxylation sites is 3. The van der Waals surface area contributed by atoms with Crippen molar-refractivity contribution < 1.29 is 4.74 Å². The zero-order chi connectivity index (χ0) is 33.5. The fourth-order valence-electron chi connectivity index (χ4n) is 9.56. The Hall–Kier alpha value is -6.13. The maximum Gasteiger partial charge on any atom is 0.147 e. The van der Waals surface area contributed by atoms with E-state index < -0.39 is 5.41 Å². The van der Waals surface area contributed by atoms with Gasteiger partial charge in [-0.3, -0.25) is 0 Å². The fraction of sp³-hybridized carbons (Fsp3) is 0.128. The molecule has 0 amide bonds. The second kappa shape index (κ2) is 10.9. The number of fused-ring (bicyclic) bond motifs is 12. The molecule has 11 rings (SSSR count). The quantitative estimate of drug-likeness (QED) is 0.205. The van der Waals surface area contributed by atoms with Crippen molar-refractivity contribution in [2.24, 2.45) is 4.99 Å². The Bertz CT molecular complexity index is 2420. The van der Waals surface area contributed by atoms with Gasteiger partial charge in [0.05, 0.1) is 11.5 Å². The number of rotatable bonds is 2. The zero-order valence-corrected chi connectivity index (χ0v) is 28.0.